The molecular formula is C26H27N5O3. The van der Waals surface area contributed by atoms with E-state index in [0.717, 1.165) is 34.6 Å². The summed E-state index contributed by atoms with van der Waals surface area (Å²) in [5, 5.41) is 7.18. The molecule has 2 aliphatic rings. The fourth-order valence-corrected chi connectivity index (χ4v) is 4.37. The molecule has 2 amide bonds. The highest BCUT2D eigenvalue weighted by Gasteiger charge is 2.32. The summed E-state index contributed by atoms with van der Waals surface area (Å²) in [5.41, 5.74) is 7.13. The van der Waals surface area contributed by atoms with Crippen molar-refractivity contribution in [3.63, 3.8) is 0 Å². The van der Waals surface area contributed by atoms with Gasteiger partial charge < -0.3 is 15.0 Å². The van der Waals surface area contributed by atoms with E-state index in [1.165, 1.54) is 10.5 Å². The Labute approximate surface area is 198 Å². The molecule has 0 spiro atoms. The summed E-state index contributed by atoms with van der Waals surface area (Å²) in [6, 6.07) is 13.0. The number of nitrogens with one attached hydrogen (secondary N) is 1. The fraction of sp³-hybridized carbons (Fsp3) is 0.308. The van der Waals surface area contributed by atoms with Crippen LogP contribution >= 0.6 is 0 Å². The van der Waals surface area contributed by atoms with Gasteiger partial charge in [-0.15, -0.1) is 0 Å². The van der Waals surface area contributed by atoms with Crippen LogP contribution in [0, 0.1) is 6.92 Å². The van der Waals surface area contributed by atoms with Crippen LogP contribution in [0.5, 0.6) is 5.75 Å². The van der Waals surface area contributed by atoms with E-state index in [4.69, 9.17) is 4.74 Å². The SMILES string of the molecule is CC1=Nc2cc3c(cc2C1)OC[C@H](NC(=O)c1cc(Cc2ccc(C)cc2)n(C)n1)C(=O)N3C. The molecule has 0 saturated carbocycles. The largest absolute Gasteiger partial charge is 0.489 e. The average molecular weight is 458 g/mol. The summed E-state index contributed by atoms with van der Waals surface area (Å²) in [6.45, 7) is 4.08. The molecule has 0 fully saturated rings. The number of nitrogens with zero attached hydrogens (tertiary/aromatic N) is 4. The highest BCUT2D eigenvalue weighted by molar-refractivity contribution is 6.03. The molecule has 1 N–H and O–H groups in total. The minimum Gasteiger partial charge on any atom is -0.489 e. The Morgan fingerprint density at radius 1 is 1.15 bits per heavy atom. The molecule has 3 heterocycles. The molecule has 2 aromatic carbocycles. The van der Waals surface area contributed by atoms with E-state index >= 15 is 0 Å². The molecule has 0 radical (unpaired) electrons. The van der Waals surface area contributed by atoms with Crippen molar-refractivity contribution >= 4 is 28.9 Å². The van der Waals surface area contributed by atoms with Crippen molar-refractivity contribution in [2.75, 3.05) is 18.6 Å². The summed E-state index contributed by atoms with van der Waals surface area (Å²) in [6.07, 6.45) is 1.43. The number of hydrogen-bond donors (Lipinski definition) is 1. The van der Waals surface area contributed by atoms with Gasteiger partial charge >= 0.3 is 0 Å². The first-order chi connectivity index (χ1) is 16.3. The number of rotatable bonds is 4. The van der Waals surface area contributed by atoms with Crippen LogP contribution in [-0.2, 0) is 24.7 Å². The minimum atomic E-state index is -0.826. The molecule has 2 aliphatic heterocycles. The van der Waals surface area contributed by atoms with Gasteiger partial charge in [0.2, 0.25) is 0 Å². The van der Waals surface area contributed by atoms with Crippen molar-refractivity contribution in [1.82, 2.24) is 15.1 Å². The molecule has 8 nitrogen and oxygen atoms in total. The summed E-state index contributed by atoms with van der Waals surface area (Å²) in [7, 11) is 3.50. The predicted octanol–water partition coefficient (Wildman–Crippen LogP) is 3.12. The van der Waals surface area contributed by atoms with Crippen molar-refractivity contribution in [2.45, 2.75) is 32.7 Å². The zero-order chi connectivity index (χ0) is 24.0. The zero-order valence-corrected chi connectivity index (χ0v) is 19.8. The first kappa shape index (κ1) is 21.9. The van der Waals surface area contributed by atoms with Crippen LogP contribution in [0.3, 0.4) is 0 Å². The molecule has 1 atom stereocenters. The summed E-state index contributed by atoms with van der Waals surface area (Å²) < 4.78 is 7.66. The number of aryl methyl sites for hydroxylation is 2. The molecular weight excluding hydrogens is 430 g/mol. The monoisotopic (exact) mass is 457 g/mol. The van der Waals surface area contributed by atoms with Crippen LogP contribution in [0.15, 0.2) is 47.5 Å². The minimum absolute atomic E-state index is 0.0452. The number of fused-ring (bicyclic) bond motifs is 2. The van der Waals surface area contributed by atoms with Gasteiger partial charge in [0, 0.05) is 38.3 Å². The summed E-state index contributed by atoms with van der Waals surface area (Å²) in [5.74, 6) is -0.0363. The molecule has 174 valence electrons. The molecule has 5 rings (SSSR count). The normalized spacial score (nSPS) is 16.9. The molecule has 0 saturated heterocycles. The second kappa shape index (κ2) is 8.44. The smallest absolute Gasteiger partial charge is 0.272 e. The number of hydrogen-bond acceptors (Lipinski definition) is 5. The van der Waals surface area contributed by atoms with Gasteiger partial charge in [-0.3, -0.25) is 19.3 Å². The van der Waals surface area contributed by atoms with Gasteiger partial charge in [-0.1, -0.05) is 29.8 Å². The van der Waals surface area contributed by atoms with Gasteiger partial charge in [0.1, 0.15) is 24.1 Å². The van der Waals surface area contributed by atoms with Gasteiger partial charge in [-0.05, 0) is 43.2 Å². The second-order valence-electron chi connectivity index (χ2n) is 9.01. The Hall–Kier alpha value is -3.94. The molecule has 0 bridgehead atoms. The van der Waals surface area contributed by atoms with Crippen LogP contribution in [0.1, 0.15) is 39.8 Å². The van der Waals surface area contributed by atoms with Gasteiger partial charge in [-0.25, -0.2) is 0 Å². The van der Waals surface area contributed by atoms with Crippen molar-refractivity contribution in [3.05, 3.63) is 70.5 Å². The standard InChI is InChI=1S/C26H27N5O3/c1-15-5-7-17(8-6-15)10-19-12-21(29-31(19)4)25(32)28-22-14-34-24-11-18-9-16(2)27-20(18)13-23(24)30(3)26(22)33/h5-8,11-13,22H,9-10,14H2,1-4H3,(H,28,32)/t22-/m0/s1. The number of benzene rings is 2. The number of carbonyl (C=O) groups is 2. The number of anilines is 1. The van der Waals surface area contributed by atoms with Crippen LogP contribution in [-0.4, -0.2) is 47.0 Å². The van der Waals surface area contributed by atoms with Crippen molar-refractivity contribution in [2.24, 2.45) is 12.0 Å². The molecule has 0 unspecified atom stereocenters. The lowest BCUT2D eigenvalue weighted by molar-refractivity contribution is -0.120. The molecule has 0 aliphatic carbocycles. The van der Waals surface area contributed by atoms with Gasteiger partial charge in [0.15, 0.2) is 0 Å². The fourth-order valence-electron chi connectivity index (χ4n) is 4.37. The lowest BCUT2D eigenvalue weighted by atomic mass is 10.1. The van der Waals surface area contributed by atoms with Crippen LogP contribution in [0.4, 0.5) is 11.4 Å². The predicted molar refractivity (Wildman–Crippen MR) is 130 cm³/mol. The Balaban J connectivity index is 1.31. The topological polar surface area (TPSA) is 88.8 Å². The lowest BCUT2D eigenvalue weighted by Crippen LogP contribution is -2.49. The summed E-state index contributed by atoms with van der Waals surface area (Å²) >= 11 is 0. The number of amides is 2. The van der Waals surface area contributed by atoms with E-state index in [9.17, 15) is 9.59 Å². The van der Waals surface area contributed by atoms with Crippen LogP contribution in [0.2, 0.25) is 0 Å². The third kappa shape index (κ3) is 4.07. The molecule has 34 heavy (non-hydrogen) atoms. The third-order valence-electron chi connectivity index (χ3n) is 6.33. The maximum Gasteiger partial charge on any atom is 0.272 e. The van der Waals surface area contributed by atoms with Crippen molar-refractivity contribution < 1.29 is 14.3 Å². The number of aromatic nitrogens is 2. The lowest BCUT2D eigenvalue weighted by Gasteiger charge is -2.20. The van der Waals surface area contributed by atoms with E-state index in [0.29, 0.717) is 17.9 Å². The maximum absolute atomic E-state index is 13.1. The average Bonchev–Trinajstić information content (AvgIpc) is 3.34. The Morgan fingerprint density at radius 2 is 1.91 bits per heavy atom. The first-order valence-corrected chi connectivity index (χ1v) is 11.3. The summed E-state index contributed by atoms with van der Waals surface area (Å²) in [4.78, 5) is 32.2. The van der Waals surface area contributed by atoms with Crippen LogP contribution < -0.4 is 15.0 Å². The molecule has 8 heteroatoms. The highest BCUT2D eigenvalue weighted by Crippen LogP contribution is 2.39. The zero-order valence-electron chi connectivity index (χ0n) is 19.8. The maximum atomic E-state index is 13.1. The van der Waals surface area contributed by atoms with Crippen molar-refractivity contribution in [1.29, 1.82) is 0 Å². The number of carbonyl (C=O) groups excluding carboxylic acids is 2. The third-order valence-corrected chi connectivity index (χ3v) is 6.33. The first-order valence-electron chi connectivity index (χ1n) is 11.3. The molecule has 3 aromatic rings. The van der Waals surface area contributed by atoms with E-state index in [1.807, 2.05) is 33.0 Å². The number of likely N-dealkylation sites (N-methyl/N-ethyl adjacent to an activating group) is 1. The van der Waals surface area contributed by atoms with Crippen LogP contribution in [0.25, 0.3) is 0 Å². The quantitative estimate of drug-likeness (QED) is 0.652. The van der Waals surface area contributed by atoms with E-state index in [-0.39, 0.29) is 18.2 Å². The van der Waals surface area contributed by atoms with Gasteiger partial charge in [0.25, 0.3) is 11.8 Å². The van der Waals surface area contributed by atoms with Gasteiger partial charge in [-0.2, -0.15) is 5.10 Å². The van der Waals surface area contributed by atoms with E-state index in [2.05, 4.69) is 39.7 Å². The Morgan fingerprint density at radius 3 is 2.68 bits per heavy atom. The Bertz CT molecular complexity index is 1320. The highest BCUT2D eigenvalue weighted by atomic mass is 16.5. The number of ether oxygens (including phenoxy) is 1. The molecule has 1 aromatic heterocycles. The second-order valence-corrected chi connectivity index (χ2v) is 9.01. The van der Waals surface area contributed by atoms with Crippen molar-refractivity contribution in [3.8, 4) is 5.75 Å². The van der Waals surface area contributed by atoms with E-state index < -0.39 is 11.9 Å². The van der Waals surface area contributed by atoms with Gasteiger partial charge in [0.05, 0.1) is 11.4 Å². The number of aliphatic imine (C=N–C) groups is 1. The van der Waals surface area contributed by atoms with E-state index in [1.54, 1.807) is 17.8 Å². The Kier molecular flexibility index (Phi) is 5.43.